The van der Waals surface area contributed by atoms with Gasteiger partial charge in [0.2, 0.25) is 5.95 Å². The average molecular weight is 443 g/mol. The maximum atomic E-state index is 6.26. The van der Waals surface area contributed by atoms with Crippen LogP contribution in [0.1, 0.15) is 6.42 Å². The Balaban J connectivity index is 1.14. The number of anilines is 2. The van der Waals surface area contributed by atoms with Gasteiger partial charge in [0.15, 0.2) is 5.96 Å². The van der Waals surface area contributed by atoms with Crippen LogP contribution in [-0.4, -0.2) is 91.2 Å². The topological polar surface area (TPSA) is 77.1 Å². The normalized spacial score (nSPS) is 18.5. The summed E-state index contributed by atoms with van der Waals surface area (Å²) in [6.45, 7) is 9.47. The smallest absolute Gasteiger partial charge is 0.225 e. The van der Waals surface area contributed by atoms with Crippen LogP contribution in [0.4, 0.5) is 11.6 Å². The highest BCUT2D eigenvalue weighted by atomic mass is 35.5. The van der Waals surface area contributed by atoms with E-state index in [1.54, 1.807) is 12.4 Å². The van der Waals surface area contributed by atoms with Crippen molar-refractivity contribution in [2.45, 2.75) is 6.42 Å². The number of piperazine rings is 2. The lowest BCUT2D eigenvalue weighted by Crippen LogP contribution is -2.51. The number of rotatable bonds is 6. The molecule has 1 aromatic carbocycles. The molecule has 0 unspecified atom stereocenters. The third kappa shape index (κ3) is 5.98. The summed E-state index contributed by atoms with van der Waals surface area (Å²) in [6.07, 6.45) is 4.62. The summed E-state index contributed by atoms with van der Waals surface area (Å²) in [7, 11) is 0. The van der Waals surface area contributed by atoms with E-state index in [9.17, 15) is 0 Å². The molecular formula is C22H31ClN8. The second-order valence-corrected chi connectivity index (χ2v) is 8.36. The van der Waals surface area contributed by atoms with Crippen LogP contribution in [0.3, 0.4) is 0 Å². The Labute approximate surface area is 189 Å². The Morgan fingerprint density at radius 3 is 2.23 bits per heavy atom. The summed E-state index contributed by atoms with van der Waals surface area (Å²) in [4.78, 5) is 22.6. The van der Waals surface area contributed by atoms with Crippen LogP contribution >= 0.6 is 11.6 Å². The molecule has 4 rings (SSSR count). The van der Waals surface area contributed by atoms with E-state index in [2.05, 4.69) is 46.7 Å². The van der Waals surface area contributed by atoms with Gasteiger partial charge in [-0.1, -0.05) is 11.6 Å². The molecule has 8 nitrogen and oxygen atoms in total. The first-order chi connectivity index (χ1) is 15.2. The second-order valence-electron chi connectivity index (χ2n) is 7.92. The molecule has 0 aliphatic carbocycles. The zero-order chi connectivity index (χ0) is 21.5. The van der Waals surface area contributed by atoms with Gasteiger partial charge < -0.3 is 20.4 Å². The van der Waals surface area contributed by atoms with Crippen LogP contribution in [0, 0.1) is 0 Å². The van der Waals surface area contributed by atoms with E-state index < -0.39 is 0 Å². The predicted molar refractivity (Wildman–Crippen MR) is 127 cm³/mol. The van der Waals surface area contributed by atoms with Gasteiger partial charge in [-0.3, -0.25) is 9.89 Å². The van der Waals surface area contributed by atoms with Crippen LogP contribution in [0.15, 0.2) is 47.7 Å². The molecule has 9 heteroatoms. The van der Waals surface area contributed by atoms with Crippen molar-refractivity contribution in [3.8, 4) is 0 Å². The third-order valence-electron chi connectivity index (χ3n) is 5.91. The van der Waals surface area contributed by atoms with Gasteiger partial charge in [0.05, 0.1) is 0 Å². The SMILES string of the molecule is NC(=NCCCN1CCN(c2ncccn2)CC1)N1CCN(c2ccc(Cl)cc2)CC1. The first-order valence-electron chi connectivity index (χ1n) is 11.0. The van der Waals surface area contributed by atoms with E-state index >= 15 is 0 Å². The first kappa shape index (κ1) is 21.6. The number of guanidine groups is 1. The van der Waals surface area contributed by atoms with Crippen LogP contribution in [-0.2, 0) is 0 Å². The second kappa shape index (κ2) is 10.6. The molecule has 2 aliphatic heterocycles. The molecular weight excluding hydrogens is 412 g/mol. The summed E-state index contributed by atoms with van der Waals surface area (Å²) in [5, 5.41) is 0.769. The van der Waals surface area contributed by atoms with E-state index in [4.69, 9.17) is 17.3 Å². The van der Waals surface area contributed by atoms with Gasteiger partial charge in [-0.25, -0.2) is 9.97 Å². The summed E-state index contributed by atoms with van der Waals surface area (Å²) >= 11 is 5.99. The van der Waals surface area contributed by atoms with Crippen molar-refractivity contribution in [3.05, 3.63) is 47.7 Å². The van der Waals surface area contributed by atoms with Crippen molar-refractivity contribution in [2.24, 2.45) is 10.7 Å². The molecule has 1 aromatic heterocycles. The van der Waals surface area contributed by atoms with Crippen molar-refractivity contribution >= 4 is 29.2 Å². The molecule has 2 aromatic rings. The van der Waals surface area contributed by atoms with Crippen LogP contribution in [0.25, 0.3) is 0 Å². The summed E-state index contributed by atoms with van der Waals surface area (Å²) in [6, 6.07) is 9.87. The molecule has 0 radical (unpaired) electrons. The fourth-order valence-corrected chi connectivity index (χ4v) is 4.19. The molecule has 0 atom stereocenters. The van der Waals surface area contributed by atoms with E-state index in [0.29, 0.717) is 5.96 Å². The number of nitrogens with zero attached hydrogens (tertiary/aromatic N) is 7. The number of hydrogen-bond donors (Lipinski definition) is 1. The molecule has 2 aliphatic rings. The van der Waals surface area contributed by atoms with Crippen molar-refractivity contribution in [2.75, 3.05) is 75.2 Å². The number of hydrogen-bond acceptors (Lipinski definition) is 6. The molecule has 2 fully saturated rings. The fraction of sp³-hybridized carbons (Fsp3) is 0.500. The molecule has 3 heterocycles. The lowest BCUT2D eigenvalue weighted by Gasteiger charge is -2.36. The molecule has 0 bridgehead atoms. The molecule has 166 valence electrons. The van der Waals surface area contributed by atoms with Gasteiger partial charge in [-0.05, 0) is 36.8 Å². The molecule has 0 spiro atoms. The van der Waals surface area contributed by atoms with Crippen molar-refractivity contribution in [3.63, 3.8) is 0 Å². The lowest BCUT2D eigenvalue weighted by atomic mass is 10.2. The molecule has 31 heavy (non-hydrogen) atoms. The average Bonchev–Trinajstić information content (AvgIpc) is 2.83. The Bertz CT molecular complexity index is 828. The van der Waals surface area contributed by atoms with Gasteiger partial charge >= 0.3 is 0 Å². The number of aromatic nitrogens is 2. The standard InChI is InChI=1S/C22H31ClN8/c23-19-3-5-20(6-4-19)29-15-17-30(18-16-29)21(24)25-9-2-10-28-11-13-31(14-12-28)22-26-7-1-8-27-22/h1,3-8H,2,9-18H2,(H2,24,25). The van der Waals surface area contributed by atoms with E-state index in [1.807, 2.05) is 18.2 Å². The number of aliphatic imine (C=N–C) groups is 1. The largest absolute Gasteiger partial charge is 0.370 e. The molecule has 0 amide bonds. The zero-order valence-corrected chi connectivity index (χ0v) is 18.7. The van der Waals surface area contributed by atoms with Crippen molar-refractivity contribution in [1.29, 1.82) is 0 Å². The Morgan fingerprint density at radius 2 is 1.55 bits per heavy atom. The van der Waals surface area contributed by atoms with E-state index in [-0.39, 0.29) is 0 Å². The Kier molecular flexibility index (Phi) is 7.43. The van der Waals surface area contributed by atoms with Crippen LogP contribution in [0.2, 0.25) is 5.02 Å². The maximum absolute atomic E-state index is 6.26. The minimum atomic E-state index is 0.668. The maximum Gasteiger partial charge on any atom is 0.225 e. The van der Waals surface area contributed by atoms with Gasteiger partial charge in [-0.15, -0.1) is 0 Å². The minimum Gasteiger partial charge on any atom is -0.370 e. The van der Waals surface area contributed by atoms with Crippen LogP contribution < -0.4 is 15.5 Å². The predicted octanol–water partition coefficient (Wildman–Crippen LogP) is 1.78. The van der Waals surface area contributed by atoms with Crippen LogP contribution in [0.5, 0.6) is 0 Å². The quantitative estimate of drug-likeness (QED) is 0.415. The van der Waals surface area contributed by atoms with Gasteiger partial charge in [0.1, 0.15) is 0 Å². The van der Waals surface area contributed by atoms with Crippen molar-refractivity contribution in [1.82, 2.24) is 19.8 Å². The molecule has 0 saturated carbocycles. The number of halogens is 1. The number of benzene rings is 1. The third-order valence-corrected chi connectivity index (χ3v) is 6.16. The van der Waals surface area contributed by atoms with Gasteiger partial charge in [0.25, 0.3) is 0 Å². The van der Waals surface area contributed by atoms with E-state index in [1.165, 1.54) is 5.69 Å². The van der Waals surface area contributed by atoms with Gasteiger partial charge in [-0.2, -0.15) is 0 Å². The Hall–Kier alpha value is -2.58. The molecule has 2 N–H and O–H groups in total. The monoisotopic (exact) mass is 442 g/mol. The summed E-state index contributed by atoms with van der Waals surface area (Å²) in [5.74, 6) is 1.50. The summed E-state index contributed by atoms with van der Waals surface area (Å²) in [5.41, 5.74) is 7.47. The minimum absolute atomic E-state index is 0.668. The van der Waals surface area contributed by atoms with Crippen molar-refractivity contribution < 1.29 is 0 Å². The van der Waals surface area contributed by atoms with Gasteiger partial charge in [0, 0.05) is 88.6 Å². The Morgan fingerprint density at radius 1 is 0.903 bits per heavy atom. The highest BCUT2D eigenvalue weighted by Gasteiger charge is 2.19. The summed E-state index contributed by atoms with van der Waals surface area (Å²) < 4.78 is 0. The lowest BCUT2D eigenvalue weighted by molar-refractivity contribution is 0.255. The highest BCUT2D eigenvalue weighted by molar-refractivity contribution is 6.30. The zero-order valence-electron chi connectivity index (χ0n) is 17.9. The highest BCUT2D eigenvalue weighted by Crippen LogP contribution is 2.19. The first-order valence-corrected chi connectivity index (χ1v) is 11.4. The number of nitrogens with two attached hydrogens (primary N) is 1. The van der Waals surface area contributed by atoms with E-state index in [0.717, 1.165) is 82.8 Å². The molecule has 2 saturated heterocycles. The fourth-order valence-electron chi connectivity index (χ4n) is 4.06.